The molecule has 0 saturated carbocycles. The first-order chi connectivity index (χ1) is 7.07. The van der Waals surface area contributed by atoms with Crippen LogP contribution in [0.2, 0.25) is 0 Å². The van der Waals surface area contributed by atoms with Gasteiger partial charge in [-0.2, -0.15) is 0 Å². The van der Waals surface area contributed by atoms with E-state index in [-0.39, 0.29) is 5.91 Å². The minimum atomic E-state index is -0.833. The molecule has 0 atom stereocenters. The lowest BCUT2D eigenvalue weighted by Crippen LogP contribution is -2.22. The number of aromatic nitrogens is 1. The number of aliphatic carboxylic acids is 1. The number of pyridine rings is 1. The summed E-state index contributed by atoms with van der Waals surface area (Å²) in [5.74, 6) is -0.902. The second kappa shape index (κ2) is 7.49. The van der Waals surface area contributed by atoms with Gasteiger partial charge in [0.05, 0.1) is 5.56 Å². The number of rotatable bonds is 2. The predicted octanol–water partition coefficient (Wildman–Crippen LogP) is 0.922. The highest BCUT2D eigenvalue weighted by Crippen LogP contribution is 1.93. The summed E-state index contributed by atoms with van der Waals surface area (Å²) >= 11 is 0. The van der Waals surface area contributed by atoms with Gasteiger partial charge in [-0.1, -0.05) is 0 Å². The molecule has 0 bridgehead atoms. The summed E-state index contributed by atoms with van der Waals surface area (Å²) in [5.41, 5.74) is 0.606. The number of nitrogens with zero attached hydrogens (tertiary/aromatic N) is 1. The van der Waals surface area contributed by atoms with Gasteiger partial charge in [0.1, 0.15) is 0 Å². The molecular formula is C10H14N2O3. The van der Waals surface area contributed by atoms with Crippen molar-refractivity contribution in [1.82, 2.24) is 10.3 Å². The molecule has 1 heterocycles. The van der Waals surface area contributed by atoms with Crippen molar-refractivity contribution in [2.24, 2.45) is 0 Å². The van der Waals surface area contributed by atoms with Gasteiger partial charge >= 0.3 is 0 Å². The third kappa shape index (κ3) is 7.18. The van der Waals surface area contributed by atoms with Crippen LogP contribution in [-0.2, 0) is 4.79 Å². The SMILES string of the molecule is CC(=O)O.CCNC(=O)c1cccnc1. The average molecular weight is 210 g/mol. The third-order valence-corrected chi connectivity index (χ3v) is 1.26. The number of carboxylic acid groups (broad SMARTS) is 1. The summed E-state index contributed by atoms with van der Waals surface area (Å²) < 4.78 is 0. The Bertz CT molecular complexity index is 308. The number of carbonyl (C=O) groups is 2. The van der Waals surface area contributed by atoms with E-state index >= 15 is 0 Å². The monoisotopic (exact) mass is 210 g/mol. The largest absolute Gasteiger partial charge is 0.481 e. The Balaban J connectivity index is 0.000000423. The first-order valence-corrected chi connectivity index (χ1v) is 4.45. The van der Waals surface area contributed by atoms with E-state index in [4.69, 9.17) is 9.90 Å². The fraction of sp³-hybridized carbons (Fsp3) is 0.300. The van der Waals surface area contributed by atoms with Crippen molar-refractivity contribution in [2.45, 2.75) is 13.8 Å². The van der Waals surface area contributed by atoms with Crippen LogP contribution in [0, 0.1) is 0 Å². The van der Waals surface area contributed by atoms with E-state index in [1.54, 1.807) is 24.5 Å². The summed E-state index contributed by atoms with van der Waals surface area (Å²) in [7, 11) is 0. The maximum absolute atomic E-state index is 11.1. The zero-order valence-corrected chi connectivity index (χ0v) is 8.73. The third-order valence-electron chi connectivity index (χ3n) is 1.26. The lowest BCUT2D eigenvalue weighted by atomic mass is 10.3. The second-order valence-corrected chi connectivity index (χ2v) is 2.62. The molecule has 1 amide bonds. The topological polar surface area (TPSA) is 79.3 Å². The van der Waals surface area contributed by atoms with Crippen molar-refractivity contribution in [2.75, 3.05) is 6.54 Å². The number of carbonyl (C=O) groups excluding carboxylic acids is 1. The molecule has 0 radical (unpaired) electrons. The minimum absolute atomic E-state index is 0.0689. The van der Waals surface area contributed by atoms with Gasteiger partial charge < -0.3 is 10.4 Å². The molecular weight excluding hydrogens is 196 g/mol. The van der Waals surface area contributed by atoms with Gasteiger partial charge in [0.15, 0.2) is 0 Å². The van der Waals surface area contributed by atoms with E-state index in [0.717, 1.165) is 6.92 Å². The van der Waals surface area contributed by atoms with Crippen molar-refractivity contribution < 1.29 is 14.7 Å². The van der Waals surface area contributed by atoms with Crippen molar-refractivity contribution in [3.63, 3.8) is 0 Å². The van der Waals surface area contributed by atoms with Crippen LogP contribution in [-0.4, -0.2) is 28.5 Å². The van der Waals surface area contributed by atoms with Crippen molar-refractivity contribution in [1.29, 1.82) is 0 Å². The fourth-order valence-electron chi connectivity index (χ4n) is 0.760. The number of nitrogens with one attached hydrogen (secondary N) is 1. The summed E-state index contributed by atoms with van der Waals surface area (Å²) in [5, 5.41) is 10.1. The van der Waals surface area contributed by atoms with E-state index in [1.165, 1.54) is 0 Å². The average Bonchev–Trinajstić information content (AvgIpc) is 2.19. The number of carboxylic acids is 1. The Hall–Kier alpha value is -1.91. The molecule has 0 spiro atoms. The molecule has 0 aliphatic heterocycles. The first-order valence-electron chi connectivity index (χ1n) is 4.45. The maximum Gasteiger partial charge on any atom is 0.300 e. The molecule has 0 fully saturated rings. The summed E-state index contributed by atoms with van der Waals surface area (Å²) in [6.45, 7) is 3.61. The first kappa shape index (κ1) is 13.1. The molecule has 0 aliphatic rings. The van der Waals surface area contributed by atoms with Crippen LogP contribution in [0.25, 0.3) is 0 Å². The van der Waals surface area contributed by atoms with Crippen LogP contribution in [0.5, 0.6) is 0 Å². The van der Waals surface area contributed by atoms with E-state index in [0.29, 0.717) is 12.1 Å². The molecule has 1 aromatic heterocycles. The van der Waals surface area contributed by atoms with Gasteiger partial charge in [-0.15, -0.1) is 0 Å². The molecule has 1 rings (SSSR count). The predicted molar refractivity (Wildman–Crippen MR) is 55.6 cm³/mol. The molecule has 82 valence electrons. The van der Waals surface area contributed by atoms with Gasteiger partial charge in [0, 0.05) is 25.9 Å². The van der Waals surface area contributed by atoms with Crippen molar-refractivity contribution in [3.05, 3.63) is 30.1 Å². The Kier molecular flexibility index (Phi) is 6.54. The van der Waals surface area contributed by atoms with Crippen LogP contribution in [0.3, 0.4) is 0 Å². The van der Waals surface area contributed by atoms with Gasteiger partial charge in [-0.3, -0.25) is 14.6 Å². The zero-order valence-electron chi connectivity index (χ0n) is 8.73. The van der Waals surface area contributed by atoms with Crippen LogP contribution in [0.1, 0.15) is 24.2 Å². The van der Waals surface area contributed by atoms with Crippen LogP contribution >= 0.6 is 0 Å². The van der Waals surface area contributed by atoms with Crippen LogP contribution in [0.4, 0.5) is 0 Å². The van der Waals surface area contributed by atoms with Crippen molar-refractivity contribution >= 4 is 11.9 Å². The van der Waals surface area contributed by atoms with Gasteiger partial charge in [-0.05, 0) is 19.1 Å². The molecule has 2 N–H and O–H groups in total. The normalized spacial score (nSPS) is 8.40. The lowest BCUT2D eigenvalue weighted by Gasteiger charge is -1.99. The highest BCUT2D eigenvalue weighted by atomic mass is 16.4. The highest BCUT2D eigenvalue weighted by molar-refractivity contribution is 5.93. The Morgan fingerprint density at radius 3 is 2.53 bits per heavy atom. The highest BCUT2D eigenvalue weighted by Gasteiger charge is 2.00. The molecule has 0 saturated heterocycles. The van der Waals surface area contributed by atoms with E-state index < -0.39 is 5.97 Å². The quantitative estimate of drug-likeness (QED) is 0.760. The van der Waals surface area contributed by atoms with Crippen LogP contribution < -0.4 is 5.32 Å². The summed E-state index contributed by atoms with van der Waals surface area (Å²) in [6.07, 6.45) is 3.19. The Labute approximate surface area is 88.1 Å². The molecule has 0 unspecified atom stereocenters. The van der Waals surface area contributed by atoms with Crippen LogP contribution in [0.15, 0.2) is 24.5 Å². The molecule has 15 heavy (non-hydrogen) atoms. The number of amides is 1. The van der Waals surface area contributed by atoms with E-state index in [2.05, 4.69) is 10.3 Å². The Morgan fingerprint density at radius 2 is 2.13 bits per heavy atom. The lowest BCUT2D eigenvalue weighted by molar-refractivity contribution is -0.134. The Morgan fingerprint density at radius 1 is 1.53 bits per heavy atom. The van der Waals surface area contributed by atoms with E-state index in [9.17, 15) is 4.79 Å². The summed E-state index contributed by atoms with van der Waals surface area (Å²) in [4.78, 5) is 23.9. The van der Waals surface area contributed by atoms with Gasteiger partial charge in [0.2, 0.25) is 0 Å². The smallest absolute Gasteiger partial charge is 0.300 e. The number of hydrogen-bond donors (Lipinski definition) is 2. The minimum Gasteiger partial charge on any atom is -0.481 e. The molecule has 5 nitrogen and oxygen atoms in total. The molecule has 1 aromatic rings. The zero-order chi connectivity index (χ0) is 11.7. The number of hydrogen-bond acceptors (Lipinski definition) is 3. The molecule has 0 aromatic carbocycles. The van der Waals surface area contributed by atoms with Crippen molar-refractivity contribution in [3.8, 4) is 0 Å². The molecule has 0 aliphatic carbocycles. The standard InChI is InChI=1S/C8H10N2O.C2H4O2/c1-2-10-8(11)7-4-3-5-9-6-7;1-2(3)4/h3-6H,2H2,1H3,(H,10,11);1H3,(H,3,4). The molecule has 5 heteroatoms. The maximum atomic E-state index is 11.1. The second-order valence-electron chi connectivity index (χ2n) is 2.62. The summed E-state index contributed by atoms with van der Waals surface area (Å²) in [6, 6.07) is 3.47. The fourth-order valence-corrected chi connectivity index (χ4v) is 0.760. The van der Waals surface area contributed by atoms with Gasteiger partial charge in [-0.25, -0.2) is 0 Å². The van der Waals surface area contributed by atoms with E-state index in [1.807, 2.05) is 6.92 Å². The van der Waals surface area contributed by atoms with Gasteiger partial charge in [0.25, 0.3) is 11.9 Å².